The fourth-order valence-electron chi connectivity index (χ4n) is 1.59. The van der Waals surface area contributed by atoms with E-state index in [0.717, 1.165) is 11.3 Å². The van der Waals surface area contributed by atoms with Gasteiger partial charge in [0.05, 0.1) is 18.4 Å². The number of carbonyl (C=O) groups is 1. The molecule has 0 radical (unpaired) electrons. The van der Waals surface area contributed by atoms with Crippen molar-refractivity contribution in [3.8, 4) is 11.8 Å². The minimum atomic E-state index is -0.390. The van der Waals surface area contributed by atoms with Crippen LogP contribution in [0.5, 0.6) is 11.8 Å². The van der Waals surface area contributed by atoms with Gasteiger partial charge in [-0.25, -0.2) is 9.78 Å². The summed E-state index contributed by atoms with van der Waals surface area (Å²) in [5.41, 5.74) is 2.11. The summed E-state index contributed by atoms with van der Waals surface area (Å²) in [4.78, 5) is 19.6. The van der Waals surface area contributed by atoms with Crippen molar-refractivity contribution < 1.29 is 14.3 Å². The highest BCUT2D eigenvalue weighted by molar-refractivity contribution is 5.89. The van der Waals surface area contributed by atoms with Gasteiger partial charge in [0.1, 0.15) is 5.75 Å². The summed E-state index contributed by atoms with van der Waals surface area (Å²) >= 11 is 0. The van der Waals surface area contributed by atoms with Gasteiger partial charge in [-0.1, -0.05) is 12.7 Å². The van der Waals surface area contributed by atoms with Gasteiger partial charge in [0.25, 0.3) is 0 Å². The van der Waals surface area contributed by atoms with Gasteiger partial charge in [0, 0.05) is 11.8 Å². The van der Waals surface area contributed by atoms with Crippen molar-refractivity contribution in [1.82, 2.24) is 9.97 Å². The summed E-state index contributed by atoms with van der Waals surface area (Å²) < 4.78 is 10.1. The number of ether oxygens (including phenoxy) is 2. The van der Waals surface area contributed by atoms with Gasteiger partial charge in [0.2, 0.25) is 0 Å². The Morgan fingerprint density at radius 2 is 2.00 bits per heavy atom. The van der Waals surface area contributed by atoms with Crippen LogP contribution in [-0.4, -0.2) is 23.0 Å². The normalized spacial score (nSPS) is 9.90. The first-order chi connectivity index (χ1) is 9.63. The third kappa shape index (κ3) is 3.00. The second-order valence-electron chi connectivity index (χ2n) is 4.02. The molecule has 0 aliphatic carbocycles. The lowest BCUT2D eigenvalue weighted by Gasteiger charge is -2.06. The monoisotopic (exact) mass is 270 g/mol. The number of aromatic nitrogens is 2. The molecule has 1 aromatic carbocycles. The topological polar surface area (TPSA) is 61.3 Å². The number of methoxy groups -OCH3 is 1. The summed E-state index contributed by atoms with van der Waals surface area (Å²) in [7, 11) is 1.34. The van der Waals surface area contributed by atoms with E-state index in [0.29, 0.717) is 11.3 Å². The molecule has 0 fully saturated rings. The van der Waals surface area contributed by atoms with E-state index in [1.807, 2.05) is 6.92 Å². The number of carbonyl (C=O) groups excluding carboxylic acids is 1. The van der Waals surface area contributed by atoms with E-state index >= 15 is 0 Å². The number of esters is 1. The third-order valence-electron chi connectivity index (χ3n) is 2.70. The Balaban J connectivity index is 2.16. The number of hydrogen-bond donors (Lipinski definition) is 0. The highest BCUT2D eigenvalue weighted by atomic mass is 16.5. The van der Waals surface area contributed by atoms with Crippen LogP contribution in [0.4, 0.5) is 0 Å². The number of rotatable bonds is 4. The van der Waals surface area contributed by atoms with E-state index in [-0.39, 0.29) is 12.0 Å². The van der Waals surface area contributed by atoms with Gasteiger partial charge < -0.3 is 9.47 Å². The number of nitrogens with zero attached hydrogens (tertiary/aromatic N) is 2. The first kappa shape index (κ1) is 13.7. The zero-order chi connectivity index (χ0) is 14.5. The lowest BCUT2D eigenvalue weighted by molar-refractivity contribution is 0.0600. The lowest BCUT2D eigenvalue weighted by Crippen LogP contribution is -2.00. The van der Waals surface area contributed by atoms with Gasteiger partial charge in [-0.2, -0.15) is 4.98 Å². The van der Waals surface area contributed by atoms with Gasteiger partial charge in [0.15, 0.2) is 0 Å². The Kier molecular flexibility index (Phi) is 4.10. The Bertz CT molecular complexity index is 636. The first-order valence-electron chi connectivity index (χ1n) is 5.96. The van der Waals surface area contributed by atoms with Crippen LogP contribution in [0.2, 0.25) is 0 Å². The molecule has 0 N–H and O–H groups in total. The minimum absolute atomic E-state index is 0.249. The molecule has 1 heterocycles. The summed E-state index contributed by atoms with van der Waals surface area (Å²) in [5.74, 6) is 0.155. The predicted octanol–water partition coefficient (Wildman–Crippen LogP) is 3.01. The van der Waals surface area contributed by atoms with Crippen molar-refractivity contribution in [1.29, 1.82) is 0 Å². The minimum Gasteiger partial charge on any atom is -0.465 e. The first-order valence-corrected chi connectivity index (χ1v) is 5.96. The third-order valence-corrected chi connectivity index (χ3v) is 2.70. The average molecular weight is 270 g/mol. The van der Waals surface area contributed by atoms with Crippen LogP contribution < -0.4 is 4.74 Å². The van der Waals surface area contributed by atoms with Gasteiger partial charge >= 0.3 is 12.0 Å². The van der Waals surface area contributed by atoms with E-state index < -0.39 is 0 Å². The SMILES string of the molecule is C=Cc1cnc(Oc2ccc(C(=O)OC)cc2)nc1C. The van der Waals surface area contributed by atoms with Gasteiger partial charge in [-0.05, 0) is 31.2 Å². The summed E-state index contributed by atoms with van der Waals surface area (Å²) in [5, 5.41) is 0. The van der Waals surface area contributed by atoms with Crippen LogP contribution in [0.25, 0.3) is 6.08 Å². The molecule has 5 heteroatoms. The largest absolute Gasteiger partial charge is 0.465 e. The maximum absolute atomic E-state index is 11.3. The fourth-order valence-corrected chi connectivity index (χ4v) is 1.59. The molecule has 0 aliphatic rings. The van der Waals surface area contributed by atoms with Crippen molar-refractivity contribution >= 4 is 12.0 Å². The summed E-state index contributed by atoms with van der Waals surface area (Å²) in [6.07, 6.45) is 3.33. The molecule has 0 atom stereocenters. The summed E-state index contributed by atoms with van der Waals surface area (Å²) in [6.45, 7) is 5.53. The fraction of sp³-hybridized carbons (Fsp3) is 0.133. The predicted molar refractivity (Wildman–Crippen MR) is 74.7 cm³/mol. The molecule has 0 saturated heterocycles. The number of hydrogen-bond acceptors (Lipinski definition) is 5. The second kappa shape index (κ2) is 5.97. The maximum atomic E-state index is 11.3. The number of aryl methyl sites for hydroxylation is 1. The molecular weight excluding hydrogens is 256 g/mol. The Morgan fingerprint density at radius 1 is 1.30 bits per heavy atom. The quantitative estimate of drug-likeness (QED) is 0.799. The Hall–Kier alpha value is -2.69. The van der Waals surface area contributed by atoms with Crippen LogP contribution in [0, 0.1) is 6.92 Å². The van der Waals surface area contributed by atoms with E-state index in [1.54, 1.807) is 36.5 Å². The van der Waals surface area contributed by atoms with Crippen molar-refractivity contribution in [2.75, 3.05) is 7.11 Å². The molecule has 102 valence electrons. The molecule has 2 aromatic rings. The molecule has 0 unspecified atom stereocenters. The van der Waals surface area contributed by atoms with Crippen molar-refractivity contribution in [3.63, 3.8) is 0 Å². The van der Waals surface area contributed by atoms with Crippen molar-refractivity contribution in [2.24, 2.45) is 0 Å². The Morgan fingerprint density at radius 3 is 2.55 bits per heavy atom. The van der Waals surface area contributed by atoms with Crippen LogP contribution in [0.3, 0.4) is 0 Å². The molecule has 2 rings (SSSR count). The molecular formula is C15H14N2O3. The van der Waals surface area contributed by atoms with Gasteiger partial charge in [-0.3, -0.25) is 0 Å². The van der Waals surface area contributed by atoms with Crippen LogP contribution in [-0.2, 0) is 4.74 Å². The molecule has 0 amide bonds. The highest BCUT2D eigenvalue weighted by Gasteiger charge is 2.07. The van der Waals surface area contributed by atoms with E-state index in [2.05, 4.69) is 21.3 Å². The molecule has 1 aromatic heterocycles. The molecule has 0 spiro atoms. The highest BCUT2D eigenvalue weighted by Crippen LogP contribution is 2.19. The van der Waals surface area contributed by atoms with Gasteiger partial charge in [-0.15, -0.1) is 0 Å². The standard InChI is InChI=1S/C15H14N2O3/c1-4-11-9-16-15(17-10(11)2)20-13-7-5-12(6-8-13)14(18)19-3/h4-9H,1H2,2-3H3. The molecule has 0 aliphatic heterocycles. The van der Waals surface area contributed by atoms with Crippen molar-refractivity contribution in [3.05, 3.63) is 53.9 Å². The molecule has 0 bridgehead atoms. The lowest BCUT2D eigenvalue weighted by atomic mass is 10.2. The van der Waals surface area contributed by atoms with Crippen LogP contribution >= 0.6 is 0 Å². The molecule has 20 heavy (non-hydrogen) atoms. The average Bonchev–Trinajstić information content (AvgIpc) is 2.47. The van der Waals surface area contributed by atoms with Crippen LogP contribution in [0.1, 0.15) is 21.6 Å². The Labute approximate surface area is 116 Å². The number of benzene rings is 1. The zero-order valence-electron chi connectivity index (χ0n) is 11.3. The molecule has 5 nitrogen and oxygen atoms in total. The smallest absolute Gasteiger partial charge is 0.337 e. The van der Waals surface area contributed by atoms with E-state index in [1.165, 1.54) is 7.11 Å². The van der Waals surface area contributed by atoms with E-state index in [4.69, 9.17) is 4.74 Å². The zero-order valence-corrected chi connectivity index (χ0v) is 11.3. The second-order valence-corrected chi connectivity index (χ2v) is 4.02. The molecule has 0 saturated carbocycles. The summed E-state index contributed by atoms with van der Waals surface area (Å²) in [6, 6.07) is 6.80. The maximum Gasteiger partial charge on any atom is 0.337 e. The van der Waals surface area contributed by atoms with Crippen molar-refractivity contribution in [2.45, 2.75) is 6.92 Å². The van der Waals surface area contributed by atoms with Crippen LogP contribution in [0.15, 0.2) is 37.0 Å². The van der Waals surface area contributed by atoms with E-state index in [9.17, 15) is 4.79 Å².